The zero-order valence-corrected chi connectivity index (χ0v) is 14.4. The van der Waals surface area contributed by atoms with Crippen molar-refractivity contribution in [2.45, 2.75) is 6.92 Å². The van der Waals surface area contributed by atoms with Crippen LogP contribution in [-0.2, 0) is 0 Å². The van der Waals surface area contributed by atoms with Crippen LogP contribution >= 0.6 is 11.3 Å². The van der Waals surface area contributed by atoms with Crippen LogP contribution < -0.4 is 4.74 Å². The molecule has 0 amide bonds. The third-order valence-corrected chi connectivity index (χ3v) is 5.20. The summed E-state index contributed by atoms with van der Waals surface area (Å²) >= 11 is 1.54. The molecule has 1 aromatic carbocycles. The van der Waals surface area contributed by atoms with Crippen molar-refractivity contribution < 1.29 is 9.84 Å². The number of thiophene rings is 1. The van der Waals surface area contributed by atoms with Crippen LogP contribution in [0.25, 0.3) is 31.9 Å². The Morgan fingerprint density at radius 3 is 2.56 bits per heavy atom. The summed E-state index contributed by atoms with van der Waals surface area (Å²) in [5.41, 5.74) is 3.30. The van der Waals surface area contributed by atoms with E-state index in [1.807, 2.05) is 25.1 Å². The SMILES string of the molecule is COc1ncc(-c2sc3nnc(-c4ccccc4O)cc3c2C)cn1. The standard InChI is InChI=1S/C18H14N4O2S/c1-10-13-7-14(12-5-3-4-6-15(12)23)21-22-17(13)25-16(10)11-8-19-18(24-2)20-9-11/h3-9,23H,1-2H3. The Bertz CT molecular complexity index is 1060. The number of aromatic nitrogens is 4. The molecule has 0 saturated heterocycles. The van der Waals surface area contributed by atoms with E-state index >= 15 is 0 Å². The second kappa shape index (κ2) is 6.10. The van der Waals surface area contributed by atoms with Gasteiger partial charge in [-0.15, -0.1) is 21.5 Å². The number of benzene rings is 1. The third kappa shape index (κ3) is 2.68. The molecule has 7 heteroatoms. The molecule has 0 aliphatic heterocycles. The van der Waals surface area contributed by atoms with Gasteiger partial charge < -0.3 is 9.84 Å². The maximum atomic E-state index is 10.0. The number of aromatic hydroxyl groups is 1. The highest BCUT2D eigenvalue weighted by molar-refractivity contribution is 7.22. The predicted octanol–water partition coefficient (Wildman–Crippen LogP) is 3.84. The van der Waals surface area contributed by atoms with Crippen molar-refractivity contribution in [3.8, 4) is 33.5 Å². The molecule has 0 unspecified atom stereocenters. The number of hydrogen-bond donors (Lipinski definition) is 1. The molecule has 0 saturated carbocycles. The van der Waals surface area contributed by atoms with Gasteiger partial charge in [0, 0.05) is 33.8 Å². The van der Waals surface area contributed by atoms with E-state index in [-0.39, 0.29) is 5.75 Å². The van der Waals surface area contributed by atoms with Crippen molar-refractivity contribution >= 4 is 21.6 Å². The monoisotopic (exact) mass is 350 g/mol. The number of nitrogens with zero attached hydrogens (tertiary/aromatic N) is 4. The van der Waals surface area contributed by atoms with Gasteiger partial charge in [-0.25, -0.2) is 9.97 Å². The number of ether oxygens (including phenoxy) is 1. The first-order valence-electron chi connectivity index (χ1n) is 7.59. The minimum Gasteiger partial charge on any atom is -0.507 e. The van der Waals surface area contributed by atoms with Crippen LogP contribution in [0.4, 0.5) is 0 Å². The summed E-state index contributed by atoms with van der Waals surface area (Å²) in [6.45, 7) is 2.04. The molecule has 0 fully saturated rings. The van der Waals surface area contributed by atoms with E-state index in [2.05, 4.69) is 20.2 Å². The Morgan fingerprint density at radius 2 is 1.84 bits per heavy atom. The molecule has 0 aliphatic rings. The van der Waals surface area contributed by atoms with E-state index in [1.54, 1.807) is 35.9 Å². The minimum absolute atomic E-state index is 0.188. The van der Waals surface area contributed by atoms with Crippen LogP contribution in [0.5, 0.6) is 11.8 Å². The molecule has 1 N–H and O–H groups in total. The third-order valence-electron chi connectivity index (χ3n) is 3.96. The quantitative estimate of drug-likeness (QED) is 0.605. The molecule has 0 spiro atoms. The molecular formula is C18H14N4O2S. The zero-order valence-electron chi connectivity index (χ0n) is 13.6. The summed E-state index contributed by atoms with van der Waals surface area (Å²) in [5.74, 6) is 0.188. The van der Waals surface area contributed by atoms with Gasteiger partial charge in [0.05, 0.1) is 12.8 Å². The number of methoxy groups -OCH3 is 1. The zero-order chi connectivity index (χ0) is 17.4. The van der Waals surface area contributed by atoms with Crippen molar-refractivity contribution in [3.63, 3.8) is 0 Å². The topological polar surface area (TPSA) is 81.0 Å². The minimum atomic E-state index is 0.188. The van der Waals surface area contributed by atoms with Gasteiger partial charge in [-0.1, -0.05) is 12.1 Å². The lowest BCUT2D eigenvalue weighted by Crippen LogP contribution is -1.91. The van der Waals surface area contributed by atoms with Gasteiger partial charge in [-0.2, -0.15) is 0 Å². The van der Waals surface area contributed by atoms with E-state index in [1.165, 1.54) is 7.11 Å². The molecule has 6 nitrogen and oxygen atoms in total. The van der Waals surface area contributed by atoms with E-state index in [0.29, 0.717) is 17.3 Å². The molecule has 0 atom stereocenters. The van der Waals surface area contributed by atoms with Crippen molar-refractivity contribution in [2.75, 3.05) is 7.11 Å². The van der Waals surface area contributed by atoms with E-state index < -0.39 is 0 Å². The van der Waals surface area contributed by atoms with Gasteiger partial charge in [0.15, 0.2) is 0 Å². The average Bonchev–Trinajstić information content (AvgIpc) is 2.98. The van der Waals surface area contributed by atoms with Gasteiger partial charge in [0.2, 0.25) is 0 Å². The molecular weight excluding hydrogens is 336 g/mol. The number of fused-ring (bicyclic) bond motifs is 1. The second-order valence-electron chi connectivity index (χ2n) is 5.48. The average molecular weight is 350 g/mol. The van der Waals surface area contributed by atoms with Crippen LogP contribution in [0.2, 0.25) is 0 Å². The molecule has 4 rings (SSSR count). The Hall–Kier alpha value is -3.06. The smallest absolute Gasteiger partial charge is 0.316 e. The Kier molecular flexibility index (Phi) is 3.77. The number of aryl methyl sites for hydroxylation is 1. The van der Waals surface area contributed by atoms with Crippen LogP contribution in [0, 0.1) is 6.92 Å². The maximum Gasteiger partial charge on any atom is 0.316 e. The normalized spacial score (nSPS) is 11.0. The summed E-state index contributed by atoms with van der Waals surface area (Å²) in [7, 11) is 1.54. The van der Waals surface area contributed by atoms with Crippen molar-refractivity contribution in [1.29, 1.82) is 0 Å². The molecule has 0 radical (unpaired) electrons. The second-order valence-corrected chi connectivity index (χ2v) is 6.48. The van der Waals surface area contributed by atoms with E-state index in [4.69, 9.17) is 4.74 Å². The molecule has 3 aromatic heterocycles. The van der Waals surface area contributed by atoms with Crippen LogP contribution in [0.1, 0.15) is 5.56 Å². The van der Waals surface area contributed by atoms with Crippen molar-refractivity contribution in [2.24, 2.45) is 0 Å². The first kappa shape index (κ1) is 15.5. The number of phenolic OH excluding ortho intramolecular Hbond substituents is 1. The number of rotatable bonds is 3. The highest BCUT2D eigenvalue weighted by Crippen LogP contribution is 2.38. The van der Waals surface area contributed by atoms with Gasteiger partial charge in [0.1, 0.15) is 10.6 Å². The fraction of sp³-hybridized carbons (Fsp3) is 0.111. The Balaban J connectivity index is 1.84. The Labute approximate surface area is 147 Å². The van der Waals surface area contributed by atoms with Crippen LogP contribution in [0.3, 0.4) is 0 Å². The summed E-state index contributed by atoms with van der Waals surface area (Å²) < 4.78 is 5.01. The van der Waals surface area contributed by atoms with Gasteiger partial charge >= 0.3 is 6.01 Å². The number of para-hydroxylation sites is 1. The fourth-order valence-corrected chi connectivity index (χ4v) is 3.74. The van der Waals surface area contributed by atoms with E-state index in [9.17, 15) is 5.11 Å². The van der Waals surface area contributed by atoms with Crippen molar-refractivity contribution in [3.05, 3.63) is 48.3 Å². The lowest BCUT2D eigenvalue weighted by Gasteiger charge is -2.03. The largest absolute Gasteiger partial charge is 0.507 e. The number of hydrogen-bond acceptors (Lipinski definition) is 7. The summed E-state index contributed by atoms with van der Waals surface area (Å²) in [5, 5.41) is 19.6. The molecule has 3 heterocycles. The van der Waals surface area contributed by atoms with Crippen LogP contribution in [-0.4, -0.2) is 32.4 Å². The summed E-state index contributed by atoms with van der Waals surface area (Å²) in [6.07, 6.45) is 3.47. The Morgan fingerprint density at radius 1 is 1.08 bits per heavy atom. The summed E-state index contributed by atoms with van der Waals surface area (Å²) in [4.78, 5) is 10.2. The number of phenols is 1. The predicted molar refractivity (Wildman–Crippen MR) is 96.8 cm³/mol. The first-order chi connectivity index (χ1) is 12.2. The van der Waals surface area contributed by atoms with Crippen LogP contribution in [0.15, 0.2) is 42.7 Å². The molecule has 0 bridgehead atoms. The highest BCUT2D eigenvalue weighted by Gasteiger charge is 2.15. The fourth-order valence-electron chi connectivity index (χ4n) is 2.66. The molecule has 124 valence electrons. The lowest BCUT2D eigenvalue weighted by atomic mass is 10.1. The maximum absolute atomic E-state index is 10.0. The first-order valence-corrected chi connectivity index (χ1v) is 8.40. The van der Waals surface area contributed by atoms with Crippen molar-refractivity contribution in [1.82, 2.24) is 20.2 Å². The molecule has 25 heavy (non-hydrogen) atoms. The summed E-state index contributed by atoms with van der Waals surface area (Å²) in [6, 6.07) is 9.40. The highest BCUT2D eigenvalue weighted by atomic mass is 32.1. The lowest BCUT2D eigenvalue weighted by molar-refractivity contribution is 0.380. The molecule has 0 aliphatic carbocycles. The van der Waals surface area contributed by atoms with Gasteiger partial charge in [-0.05, 0) is 30.7 Å². The van der Waals surface area contributed by atoms with E-state index in [0.717, 1.165) is 26.2 Å². The molecule has 4 aromatic rings. The van der Waals surface area contributed by atoms with Gasteiger partial charge in [0.25, 0.3) is 0 Å². The van der Waals surface area contributed by atoms with Gasteiger partial charge in [-0.3, -0.25) is 0 Å².